The van der Waals surface area contributed by atoms with Crippen LogP contribution in [0.1, 0.15) is 26.7 Å². The quantitative estimate of drug-likeness (QED) is 0.691. The van der Waals surface area contributed by atoms with E-state index in [-0.39, 0.29) is 0 Å². The third-order valence-electron chi connectivity index (χ3n) is 3.31. The lowest BCUT2D eigenvalue weighted by Gasteiger charge is -2.37. The molecule has 0 radical (unpaired) electrons. The number of piperidine rings is 1. The molecule has 0 spiro atoms. The van der Waals surface area contributed by atoms with Crippen LogP contribution in [0.3, 0.4) is 0 Å². The highest BCUT2D eigenvalue weighted by atomic mass is 15.1. The molecule has 1 rings (SSSR count). The molecule has 2 atom stereocenters. The summed E-state index contributed by atoms with van der Waals surface area (Å²) in [6.45, 7) is 8.02. The van der Waals surface area contributed by atoms with Crippen molar-refractivity contribution in [2.24, 2.45) is 5.92 Å². The molecule has 0 amide bonds. The monoisotopic (exact) mass is 196 g/mol. The maximum absolute atomic E-state index is 3.44. The van der Waals surface area contributed by atoms with Crippen LogP contribution in [0.4, 0.5) is 0 Å². The first-order valence-electron chi connectivity index (χ1n) is 5.82. The summed E-state index contributed by atoms with van der Waals surface area (Å²) >= 11 is 0. The summed E-state index contributed by atoms with van der Waals surface area (Å²) in [5.41, 5.74) is 0. The first-order valence-corrected chi connectivity index (χ1v) is 5.82. The maximum Gasteiger partial charge on any atom is 0.0163 e. The van der Waals surface area contributed by atoms with E-state index in [1.54, 1.807) is 0 Å². The van der Waals surface area contributed by atoms with Gasteiger partial charge in [-0.25, -0.2) is 0 Å². The van der Waals surface area contributed by atoms with Gasteiger partial charge >= 0.3 is 0 Å². The van der Waals surface area contributed by atoms with E-state index < -0.39 is 0 Å². The molecule has 1 aliphatic heterocycles. The van der Waals surface area contributed by atoms with Crippen LogP contribution >= 0.6 is 0 Å². The molecule has 1 N–H and O–H groups in total. The minimum Gasteiger partial charge on any atom is -0.317 e. The zero-order valence-electron chi connectivity index (χ0n) is 9.79. The number of hydrogen-bond acceptors (Lipinski definition) is 2. The van der Waals surface area contributed by atoms with Gasteiger partial charge < -0.3 is 5.32 Å². The molecule has 82 valence electrons. The first kappa shape index (κ1) is 11.7. The van der Waals surface area contributed by atoms with Gasteiger partial charge in [0.1, 0.15) is 0 Å². The summed E-state index contributed by atoms with van der Waals surface area (Å²) in [6.07, 6.45) is 6.99. The summed E-state index contributed by atoms with van der Waals surface area (Å²) in [6, 6.07) is 0.738. The van der Waals surface area contributed by atoms with Gasteiger partial charge in [-0.1, -0.05) is 25.5 Å². The molecule has 1 saturated heterocycles. The fourth-order valence-corrected chi connectivity index (χ4v) is 2.32. The molecule has 0 aliphatic carbocycles. The van der Waals surface area contributed by atoms with Gasteiger partial charge in [0.05, 0.1) is 0 Å². The number of hydrogen-bond donors (Lipinski definition) is 1. The van der Waals surface area contributed by atoms with Crippen molar-refractivity contribution in [3.05, 3.63) is 12.2 Å². The van der Waals surface area contributed by atoms with Gasteiger partial charge in [-0.05, 0) is 32.9 Å². The van der Waals surface area contributed by atoms with Crippen molar-refractivity contribution >= 4 is 0 Å². The lowest BCUT2D eigenvalue weighted by molar-refractivity contribution is 0.151. The molecule has 0 aromatic rings. The van der Waals surface area contributed by atoms with E-state index in [0.29, 0.717) is 0 Å². The SMILES string of the molecule is C/C=C/CN1CCC(NC)C(CC)C1. The normalized spacial score (nSPS) is 29.9. The highest BCUT2D eigenvalue weighted by molar-refractivity contribution is 4.88. The van der Waals surface area contributed by atoms with Crippen molar-refractivity contribution in [1.29, 1.82) is 0 Å². The molecule has 2 unspecified atom stereocenters. The van der Waals surface area contributed by atoms with Gasteiger partial charge in [0, 0.05) is 19.1 Å². The van der Waals surface area contributed by atoms with Crippen molar-refractivity contribution in [1.82, 2.24) is 10.2 Å². The Morgan fingerprint density at radius 2 is 2.29 bits per heavy atom. The molecule has 2 nitrogen and oxygen atoms in total. The molecular weight excluding hydrogens is 172 g/mol. The van der Waals surface area contributed by atoms with E-state index in [4.69, 9.17) is 0 Å². The Morgan fingerprint density at radius 1 is 1.50 bits per heavy atom. The van der Waals surface area contributed by atoms with E-state index >= 15 is 0 Å². The minimum atomic E-state index is 0.738. The van der Waals surface area contributed by atoms with E-state index in [1.807, 2.05) is 0 Å². The Bertz CT molecular complexity index is 177. The van der Waals surface area contributed by atoms with E-state index in [1.165, 1.54) is 25.9 Å². The van der Waals surface area contributed by atoms with Gasteiger partial charge in [-0.3, -0.25) is 4.90 Å². The Kier molecular flexibility index (Phi) is 5.20. The molecule has 0 aromatic heterocycles. The minimum absolute atomic E-state index is 0.738. The number of nitrogens with one attached hydrogen (secondary N) is 1. The van der Waals surface area contributed by atoms with E-state index in [0.717, 1.165) is 18.5 Å². The number of allylic oxidation sites excluding steroid dienone is 1. The maximum atomic E-state index is 3.44. The van der Waals surface area contributed by atoms with Gasteiger partial charge in [0.25, 0.3) is 0 Å². The molecule has 1 heterocycles. The highest BCUT2D eigenvalue weighted by Gasteiger charge is 2.25. The Labute approximate surface area is 88.4 Å². The van der Waals surface area contributed by atoms with Crippen LogP contribution in [-0.4, -0.2) is 37.6 Å². The predicted molar refractivity (Wildman–Crippen MR) is 62.5 cm³/mol. The predicted octanol–water partition coefficient (Wildman–Crippen LogP) is 1.88. The number of rotatable bonds is 4. The molecule has 1 fully saturated rings. The van der Waals surface area contributed by atoms with Crippen LogP contribution < -0.4 is 5.32 Å². The zero-order chi connectivity index (χ0) is 10.4. The van der Waals surface area contributed by atoms with Gasteiger partial charge in [0.2, 0.25) is 0 Å². The second-order valence-electron chi connectivity index (χ2n) is 4.18. The lowest BCUT2D eigenvalue weighted by Crippen LogP contribution is -2.48. The van der Waals surface area contributed by atoms with Gasteiger partial charge in [0.15, 0.2) is 0 Å². The lowest BCUT2D eigenvalue weighted by atomic mass is 9.90. The van der Waals surface area contributed by atoms with Crippen molar-refractivity contribution in [2.45, 2.75) is 32.7 Å². The Balaban J connectivity index is 2.39. The molecule has 2 heteroatoms. The summed E-state index contributed by atoms with van der Waals surface area (Å²) < 4.78 is 0. The third kappa shape index (κ3) is 3.10. The fraction of sp³-hybridized carbons (Fsp3) is 0.833. The average Bonchev–Trinajstić information content (AvgIpc) is 2.25. The molecule has 0 aromatic carbocycles. The second-order valence-corrected chi connectivity index (χ2v) is 4.18. The van der Waals surface area contributed by atoms with E-state index in [2.05, 4.69) is 43.3 Å². The third-order valence-corrected chi connectivity index (χ3v) is 3.31. The van der Waals surface area contributed by atoms with Crippen LogP contribution in [-0.2, 0) is 0 Å². The van der Waals surface area contributed by atoms with Crippen LogP contribution in [0.15, 0.2) is 12.2 Å². The Hall–Kier alpha value is -0.340. The van der Waals surface area contributed by atoms with Crippen molar-refractivity contribution < 1.29 is 0 Å². The standard InChI is InChI=1S/C12H24N2/c1-4-6-8-14-9-7-12(13-3)11(5-2)10-14/h4,6,11-13H,5,7-10H2,1-3H3/b6-4+. The van der Waals surface area contributed by atoms with Crippen molar-refractivity contribution in [2.75, 3.05) is 26.7 Å². The fourth-order valence-electron chi connectivity index (χ4n) is 2.32. The zero-order valence-corrected chi connectivity index (χ0v) is 9.79. The van der Waals surface area contributed by atoms with Crippen LogP contribution in [0.2, 0.25) is 0 Å². The smallest absolute Gasteiger partial charge is 0.0163 e. The molecule has 0 saturated carbocycles. The van der Waals surface area contributed by atoms with Crippen LogP contribution in [0, 0.1) is 5.92 Å². The summed E-state index contributed by atoms with van der Waals surface area (Å²) in [7, 11) is 2.09. The van der Waals surface area contributed by atoms with E-state index in [9.17, 15) is 0 Å². The Morgan fingerprint density at radius 3 is 2.86 bits per heavy atom. The molecular formula is C12H24N2. The molecule has 1 aliphatic rings. The van der Waals surface area contributed by atoms with Gasteiger partial charge in [-0.15, -0.1) is 0 Å². The second kappa shape index (κ2) is 6.20. The average molecular weight is 196 g/mol. The van der Waals surface area contributed by atoms with Crippen LogP contribution in [0.25, 0.3) is 0 Å². The molecule has 14 heavy (non-hydrogen) atoms. The van der Waals surface area contributed by atoms with Crippen LogP contribution in [0.5, 0.6) is 0 Å². The summed E-state index contributed by atoms with van der Waals surface area (Å²) in [4.78, 5) is 2.56. The first-order chi connectivity index (χ1) is 6.81. The van der Waals surface area contributed by atoms with Gasteiger partial charge in [-0.2, -0.15) is 0 Å². The van der Waals surface area contributed by atoms with Crippen molar-refractivity contribution in [3.63, 3.8) is 0 Å². The largest absolute Gasteiger partial charge is 0.317 e. The number of likely N-dealkylation sites (tertiary alicyclic amines) is 1. The summed E-state index contributed by atoms with van der Waals surface area (Å²) in [5.74, 6) is 0.832. The summed E-state index contributed by atoms with van der Waals surface area (Å²) in [5, 5.41) is 3.44. The highest BCUT2D eigenvalue weighted by Crippen LogP contribution is 2.19. The topological polar surface area (TPSA) is 15.3 Å². The van der Waals surface area contributed by atoms with Crippen molar-refractivity contribution in [3.8, 4) is 0 Å². The molecule has 0 bridgehead atoms. The number of nitrogens with zero attached hydrogens (tertiary/aromatic N) is 1.